The van der Waals surface area contributed by atoms with Crippen LogP contribution < -0.4 is 11.3 Å². The van der Waals surface area contributed by atoms with Crippen LogP contribution in [0.3, 0.4) is 0 Å². The summed E-state index contributed by atoms with van der Waals surface area (Å²) in [5.74, 6) is 5.98. The van der Waals surface area contributed by atoms with E-state index < -0.39 is 0 Å². The summed E-state index contributed by atoms with van der Waals surface area (Å²) in [6.07, 6.45) is 0. The van der Waals surface area contributed by atoms with Crippen molar-refractivity contribution in [1.29, 1.82) is 0 Å². The van der Waals surface area contributed by atoms with Crippen molar-refractivity contribution < 1.29 is 0 Å². The highest BCUT2D eigenvalue weighted by atomic mass is 35.5. The normalized spacial score (nSPS) is 11.3. The van der Waals surface area contributed by atoms with Crippen molar-refractivity contribution in [2.75, 3.05) is 5.43 Å². The molecule has 0 saturated carbocycles. The maximum absolute atomic E-state index is 6.20. The zero-order valence-corrected chi connectivity index (χ0v) is 12.0. The molecule has 0 unspecified atom stereocenters. The van der Waals surface area contributed by atoms with Gasteiger partial charge in [-0.15, -0.1) is 0 Å². The molecule has 0 bridgehead atoms. The van der Waals surface area contributed by atoms with Crippen LogP contribution >= 0.6 is 23.2 Å². The average Bonchev–Trinajstić information content (AvgIpc) is 2.32. The summed E-state index contributed by atoms with van der Waals surface area (Å²) in [7, 11) is 0. The number of nitrogens with one attached hydrogen (secondary N) is 1. The summed E-state index contributed by atoms with van der Waals surface area (Å²) in [6, 6.07) is 3.64. The number of hydrogen-bond acceptors (Lipinski definition) is 3. The monoisotopic (exact) mass is 283 g/mol. The Kier molecular flexibility index (Phi) is 3.66. The Morgan fingerprint density at radius 3 is 2.50 bits per heavy atom. The molecule has 2 aromatic rings. The largest absolute Gasteiger partial charge is 0.323 e. The van der Waals surface area contributed by atoms with Crippen molar-refractivity contribution in [1.82, 2.24) is 4.98 Å². The molecule has 0 saturated heterocycles. The molecule has 96 valence electrons. The number of benzene rings is 1. The maximum Gasteiger partial charge on any atom is 0.0928 e. The molecule has 0 spiro atoms. The maximum atomic E-state index is 6.20. The van der Waals surface area contributed by atoms with Crippen LogP contribution in [0.25, 0.3) is 10.9 Å². The van der Waals surface area contributed by atoms with E-state index >= 15 is 0 Å². The lowest BCUT2D eigenvalue weighted by molar-refractivity contribution is 0.848. The van der Waals surface area contributed by atoms with Crippen LogP contribution in [0.2, 0.25) is 10.0 Å². The van der Waals surface area contributed by atoms with Gasteiger partial charge in [-0.1, -0.05) is 37.0 Å². The van der Waals surface area contributed by atoms with Gasteiger partial charge in [0.05, 0.1) is 21.2 Å². The van der Waals surface area contributed by atoms with Crippen LogP contribution in [-0.4, -0.2) is 4.98 Å². The highest BCUT2D eigenvalue weighted by molar-refractivity contribution is 6.45. The molecule has 1 aromatic heterocycles. The Balaban J connectivity index is 2.93. The summed E-state index contributed by atoms with van der Waals surface area (Å²) in [5.41, 5.74) is 6.32. The fourth-order valence-electron chi connectivity index (χ4n) is 2.27. The number of nitrogens with zero attached hydrogens (tertiary/aromatic N) is 1. The van der Waals surface area contributed by atoms with E-state index in [1.807, 2.05) is 13.0 Å². The molecule has 0 amide bonds. The van der Waals surface area contributed by atoms with Gasteiger partial charge in [-0.2, -0.15) is 0 Å². The van der Waals surface area contributed by atoms with Crippen LogP contribution in [0.5, 0.6) is 0 Å². The third kappa shape index (κ3) is 2.03. The number of aryl methyl sites for hydroxylation is 1. The fraction of sp³-hybridized carbons (Fsp3) is 0.308. The number of hydrogen-bond donors (Lipinski definition) is 2. The lowest BCUT2D eigenvalue weighted by Crippen LogP contribution is -2.12. The first kappa shape index (κ1) is 13.4. The van der Waals surface area contributed by atoms with Crippen LogP contribution in [0.1, 0.15) is 31.0 Å². The fourth-order valence-corrected chi connectivity index (χ4v) is 2.63. The molecule has 2 rings (SSSR count). The number of aromatic nitrogens is 1. The number of nitrogen functional groups attached to an aromatic ring is 1. The minimum Gasteiger partial charge on any atom is -0.323 e. The molecule has 0 radical (unpaired) electrons. The second-order valence-corrected chi connectivity index (χ2v) is 5.33. The van der Waals surface area contributed by atoms with Crippen LogP contribution in [0.15, 0.2) is 12.1 Å². The van der Waals surface area contributed by atoms with Crippen molar-refractivity contribution in [3.63, 3.8) is 0 Å². The average molecular weight is 284 g/mol. The second kappa shape index (κ2) is 4.92. The quantitative estimate of drug-likeness (QED) is 0.640. The first-order valence-corrected chi connectivity index (χ1v) is 6.47. The van der Waals surface area contributed by atoms with Gasteiger partial charge in [0.15, 0.2) is 0 Å². The van der Waals surface area contributed by atoms with Crippen molar-refractivity contribution in [2.24, 2.45) is 5.84 Å². The number of nitrogens with two attached hydrogens (primary N) is 1. The Morgan fingerprint density at radius 1 is 1.28 bits per heavy atom. The van der Waals surface area contributed by atoms with Crippen molar-refractivity contribution >= 4 is 39.8 Å². The number of pyridine rings is 1. The topological polar surface area (TPSA) is 50.9 Å². The van der Waals surface area contributed by atoms with Gasteiger partial charge in [0.25, 0.3) is 0 Å². The van der Waals surface area contributed by atoms with Crippen molar-refractivity contribution in [3.05, 3.63) is 33.4 Å². The molecule has 1 heterocycles. The first-order valence-electron chi connectivity index (χ1n) is 5.72. The third-order valence-electron chi connectivity index (χ3n) is 3.00. The smallest absolute Gasteiger partial charge is 0.0928 e. The minimum absolute atomic E-state index is 0.322. The zero-order chi connectivity index (χ0) is 13.4. The Bertz CT molecular complexity index is 609. The van der Waals surface area contributed by atoms with Crippen LogP contribution in [0.4, 0.5) is 5.69 Å². The van der Waals surface area contributed by atoms with Crippen molar-refractivity contribution in [3.8, 4) is 0 Å². The molecular weight excluding hydrogens is 269 g/mol. The van der Waals surface area contributed by atoms with E-state index in [0.29, 0.717) is 21.5 Å². The van der Waals surface area contributed by atoms with E-state index in [-0.39, 0.29) is 0 Å². The number of rotatable bonds is 2. The molecule has 0 fully saturated rings. The van der Waals surface area contributed by atoms with Gasteiger partial charge < -0.3 is 5.43 Å². The first-order chi connectivity index (χ1) is 8.47. The van der Waals surface area contributed by atoms with Gasteiger partial charge >= 0.3 is 0 Å². The third-order valence-corrected chi connectivity index (χ3v) is 3.79. The predicted octanol–water partition coefficient (Wildman–Crippen LogP) is 4.26. The molecule has 0 aliphatic rings. The standard InChI is InChI=1S/C13H15Cl2N3/c1-6(2)10-7(3)17-13-8(12(10)18-16)4-5-9(14)11(13)15/h4-6H,16H2,1-3H3,(H,17,18). The van der Waals surface area contributed by atoms with Gasteiger partial charge in [-0.25, -0.2) is 0 Å². The van der Waals surface area contributed by atoms with E-state index in [0.717, 1.165) is 22.3 Å². The molecular formula is C13H15Cl2N3. The number of fused-ring (bicyclic) bond motifs is 1. The van der Waals surface area contributed by atoms with E-state index in [1.165, 1.54) is 0 Å². The molecule has 0 aliphatic carbocycles. The van der Waals surface area contributed by atoms with Gasteiger partial charge in [0.2, 0.25) is 0 Å². The lowest BCUT2D eigenvalue weighted by Gasteiger charge is -2.18. The molecule has 0 atom stereocenters. The van der Waals surface area contributed by atoms with E-state index in [1.54, 1.807) is 6.07 Å². The van der Waals surface area contributed by atoms with Gasteiger partial charge in [0, 0.05) is 16.6 Å². The van der Waals surface area contributed by atoms with Gasteiger partial charge in [0.1, 0.15) is 0 Å². The summed E-state index contributed by atoms with van der Waals surface area (Å²) >= 11 is 12.2. The Labute approximate surface area is 116 Å². The zero-order valence-electron chi connectivity index (χ0n) is 10.5. The molecule has 3 nitrogen and oxygen atoms in total. The molecule has 3 N–H and O–H groups in total. The van der Waals surface area contributed by atoms with E-state index in [9.17, 15) is 0 Å². The van der Waals surface area contributed by atoms with E-state index in [4.69, 9.17) is 29.0 Å². The summed E-state index contributed by atoms with van der Waals surface area (Å²) < 4.78 is 0. The number of halogens is 2. The lowest BCUT2D eigenvalue weighted by atomic mass is 9.97. The Morgan fingerprint density at radius 2 is 1.94 bits per heavy atom. The molecule has 5 heteroatoms. The molecule has 1 aromatic carbocycles. The Hall–Kier alpha value is -1.03. The summed E-state index contributed by atoms with van der Waals surface area (Å²) in [5, 5.41) is 1.85. The van der Waals surface area contributed by atoms with Crippen molar-refractivity contribution in [2.45, 2.75) is 26.7 Å². The van der Waals surface area contributed by atoms with E-state index in [2.05, 4.69) is 24.3 Å². The summed E-state index contributed by atoms with van der Waals surface area (Å²) in [4.78, 5) is 4.55. The SMILES string of the molecule is Cc1nc2c(Cl)c(Cl)ccc2c(NN)c1C(C)C. The molecule has 18 heavy (non-hydrogen) atoms. The van der Waals surface area contributed by atoms with Gasteiger partial charge in [-0.3, -0.25) is 10.8 Å². The highest BCUT2D eigenvalue weighted by Crippen LogP contribution is 2.37. The van der Waals surface area contributed by atoms with Gasteiger partial charge in [-0.05, 0) is 25.0 Å². The number of hydrazine groups is 1. The molecule has 0 aliphatic heterocycles. The van der Waals surface area contributed by atoms with Crippen LogP contribution in [0, 0.1) is 6.92 Å². The minimum atomic E-state index is 0.322. The second-order valence-electron chi connectivity index (χ2n) is 4.54. The highest BCUT2D eigenvalue weighted by Gasteiger charge is 2.17. The summed E-state index contributed by atoms with van der Waals surface area (Å²) in [6.45, 7) is 6.16. The number of anilines is 1. The predicted molar refractivity (Wildman–Crippen MR) is 78.4 cm³/mol. The van der Waals surface area contributed by atoms with Crippen LogP contribution in [-0.2, 0) is 0 Å².